The normalized spacial score (nSPS) is 15.0. The van der Waals surface area contributed by atoms with Gasteiger partial charge in [-0.05, 0) is 13.0 Å². The van der Waals surface area contributed by atoms with E-state index in [-0.39, 0.29) is 12.0 Å². The van der Waals surface area contributed by atoms with Crippen LogP contribution in [-0.4, -0.2) is 63.3 Å². The van der Waals surface area contributed by atoms with Gasteiger partial charge in [-0.3, -0.25) is 9.69 Å². The lowest BCUT2D eigenvalue weighted by Crippen LogP contribution is -3.15. The first-order valence-electron chi connectivity index (χ1n) is 8.28. The number of nitrogens with one attached hydrogen (secondary N) is 2. The summed E-state index contributed by atoms with van der Waals surface area (Å²) in [5.74, 6) is 0.772. The number of amides is 2. The third-order valence-electron chi connectivity index (χ3n) is 4.08. The Hall–Kier alpha value is -2.28. The molecule has 0 unspecified atom stereocenters. The van der Waals surface area contributed by atoms with E-state index < -0.39 is 0 Å². The molecular weight excluding hydrogens is 310 g/mol. The molecule has 2 rings (SSSR count). The number of carbonyl (C=O) groups excluding carboxylic acids is 2. The second-order valence-corrected chi connectivity index (χ2v) is 5.70. The molecule has 2 N–H and O–H groups in total. The van der Waals surface area contributed by atoms with E-state index in [0.717, 1.165) is 24.4 Å². The molecule has 1 saturated heterocycles. The van der Waals surface area contributed by atoms with Gasteiger partial charge in [0.1, 0.15) is 5.75 Å². The molecule has 24 heavy (non-hydrogen) atoms. The maximum atomic E-state index is 12.1. The van der Waals surface area contributed by atoms with E-state index >= 15 is 0 Å². The van der Waals surface area contributed by atoms with Crippen LogP contribution in [0.25, 0.3) is 0 Å². The summed E-state index contributed by atoms with van der Waals surface area (Å²) in [6.45, 7) is 5.78. The van der Waals surface area contributed by atoms with E-state index in [9.17, 15) is 9.59 Å². The van der Waals surface area contributed by atoms with Crippen LogP contribution >= 0.6 is 0 Å². The van der Waals surface area contributed by atoms with Gasteiger partial charge in [-0.2, -0.15) is 0 Å². The number of ether oxygens (including phenoxy) is 2. The second kappa shape index (κ2) is 9.12. The lowest BCUT2D eigenvalue weighted by atomic mass is 10.2. The van der Waals surface area contributed by atoms with Gasteiger partial charge >= 0.3 is 6.09 Å². The van der Waals surface area contributed by atoms with Crippen LogP contribution < -0.4 is 15.0 Å². The molecule has 1 aliphatic rings. The Morgan fingerprint density at radius 2 is 1.96 bits per heavy atom. The number of rotatable bonds is 6. The Labute approximate surface area is 142 Å². The zero-order chi connectivity index (χ0) is 17.4. The summed E-state index contributed by atoms with van der Waals surface area (Å²) in [4.78, 5) is 26.6. The van der Waals surface area contributed by atoms with Crippen LogP contribution in [0.15, 0.2) is 24.3 Å². The van der Waals surface area contributed by atoms with Crippen LogP contribution in [0.5, 0.6) is 5.75 Å². The average molecular weight is 336 g/mol. The van der Waals surface area contributed by atoms with Crippen molar-refractivity contribution >= 4 is 12.0 Å². The lowest BCUT2D eigenvalue weighted by Gasteiger charge is -2.31. The van der Waals surface area contributed by atoms with Gasteiger partial charge in [0, 0.05) is 12.1 Å². The maximum Gasteiger partial charge on any atom is 0.410 e. The molecule has 0 saturated carbocycles. The molecule has 0 aliphatic carbocycles. The smallest absolute Gasteiger partial charge is 0.410 e. The fourth-order valence-electron chi connectivity index (χ4n) is 2.73. The van der Waals surface area contributed by atoms with Crippen LogP contribution in [0.4, 0.5) is 4.79 Å². The largest absolute Gasteiger partial charge is 0.496 e. The standard InChI is InChI=1S/C17H25N3O4/c1-3-24-17(22)20-10-8-19(9-11-20)13-16(21)18-12-14-6-4-5-7-15(14)23-2/h4-7H,3,8-13H2,1-2H3,(H,18,21)/p+1. The van der Waals surface area contributed by atoms with Crippen molar-refractivity contribution in [3.05, 3.63) is 29.8 Å². The predicted molar refractivity (Wildman–Crippen MR) is 89.0 cm³/mol. The van der Waals surface area contributed by atoms with Crippen LogP contribution in [-0.2, 0) is 16.1 Å². The van der Waals surface area contributed by atoms with Gasteiger partial charge in [0.2, 0.25) is 0 Å². The third kappa shape index (κ3) is 5.13. The summed E-state index contributed by atoms with van der Waals surface area (Å²) < 4.78 is 10.3. The molecule has 1 aromatic rings. The SMILES string of the molecule is CCOC(=O)N1CC[NH+](CC(=O)NCc2ccccc2OC)CC1. The first-order valence-corrected chi connectivity index (χ1v) is 8.28. The summed E-state index contributed by atoms with van der Waals surface area (Å²) in [5, 5.41) is 2.93. The monoisotopic (exact) mass is 336 g/mol. The zero-order valence-electron chi connectivity index (χ0n) is 14.3. The molecule has 1 aromatic carbocycles. The third-order valence-corrected chi connectivity index (χ3v) is 4.08. The fourth-order valence-corrected chi connectivity index (χ4v) is 2.73. The number of nitrogens with zero attached hydrogens (tertiary/aromatic N) is 1. The second-order valence-electron chi connectivity index (χ2n) is 5.70. The molecule has 0 atom stereocenters. The molecule has 7 nitrogen and oxygen atoms in total. The highest BCUT2D eigenvalue weighted by Crippen LogP contribution is 2.16. The minimum Gasteiger partial charge on any atom is -0.496 e. The lowest BCUT2D eigenvalue weighted by molar-refractivity contribution is -0.896. The van der Waals surface area contributed by atoms with Crippen molar-refractivity contribution in [1.82, 2.24) is 10.2 Å². The van der Waals surface area contributed by atoms with Crippen molar-refractivity contribution in [1.29, 1.82) is 0 Å². The van der Waals surface area contributed by atoms with Gasteiger partial charge in [-0.15, -0.1) is 0 Å². The topological polar surface area (TPSA) is 72.3 Å². The molecular formula is C17H26N3O4+. The molecule has 1 aliphatic heterocycles. The summed E-state index contributed by atoms with van der Waals surface area (Å²) >= 11 is 0. The molecule has 1 heterocycles. The molecule has 1 fully saturated rings. The van der Waals surface area contributed by atoms with Crippen molar-refractivity contribution in [2.75, 3.05) is 46.4 Å². The Bertz CT molecular complexity index is 557. The van der Waals surface area contributed by atoms with Gasteiger partial charge in [-0.25, -0.2) is 4.79 Å². The average Bonchev–Trinajstić information content (AvgIpc) is 2.61. The minimum absolute atomic E-state index is 0.000454. The summed E-state index contributed by atoms with van der Waals surface area (Å²) in [7, 11) is 1.62. The molecule has 7 heteroatoms. The van der Waals surface area contributed by atoms with Crippen molar-refractivity contribution < 1.29 is 24.0 Å². The first kappa shape index (κ1) is 18.1. The molecule has 132 valence electrons. The summed E-state index contributed by atoms with van der Waals surface area (Å²) in [6.07, 6.45) is -0.267. The van der Waals surface area contributed by atoms with E-state index in [4.69, 9.17) is 9.47 Å². The van der Waals surface area contributed by atoms with E-state index in [1.807, 2.05) is 24.3 Å². The van der Waals surface area contributed by atoms with Gasteiger partial charge in [-0.1, -0.05) is 18.2 Å². The highest BCUT2D eigenvalue weighted by molar-refractivity contribution is 5.76. The van der Waals surface area contributed by atoms with Gasteiger partial charge < -0.3 is 19.7 Å². The quantitative estimate of drug-likeness (QED) is 0.746. The Morgan fingerprint density at radius 3 is 2.62 bits per heavy atom. The number of benzene rings is 1. The van der Waals surface area contributed by atoms with Crippen molar-refractivity contribution in [2.45, 2.75) is 13.5 Å². The number of methoxy groups -OCH3 is 1. The zero-order valence-corrected chi connectivity index (χ0v) is 14.3. The molecule has 0 radical (unpaired) electrons. The van der Waals surface area contributed by atoms with E-state index in [0.29, 0.717) is 32.8 Å². The molecule has 2 amide bonds. The first-order chi connectivity index (χ1) is 11.6. The maximum absolute atomic E-state index is 12.1. The number of para-hydroxylation sites is 1. The van der Waals surface area contributed by atoms with Crippen LogP contribution in [0, 0.1) is 0 Å². The summed E-state index contributed by atoms with van der Waals surface area (Å²) in [6, 6.07) is 7.63. The predicted octanol–water partition coefficient (Wildman–Crippen LogP) is -0.332. The van der Waals surface area contributed by atoms with Crippen molar-refractivity contribution in [3.8, 4) is 5.75 Å². The number of carbonyl (C=O) groups is 2. The fraction of sp³-hybridized carbons (Fsp3) is 0.529. The van der Waals surface area contributed by atoms with Crippen LogP contribution in [0.2, 0.25) is 0 Å². The highest BCUT2D eigenvalue weighted by Gasteiger charge is 2.25. The van der Waals surface area contributed by atoms with Gasteiger partial charge in [0.15, 0.2) is 6.54 Å². The minimum atomic E-state index is -0.267. The number of piperazine rings is 1. The molecule has 0 bridgehead atoms. The molecule has 0 spiro atoms. The molecule has 0 aromatic heterocycles. The highest BCUT2D eigenvalue weighted by atomic mass is 16.6. The number of hydrogen-bond acceptors (Lipinski definition) is 4. The number of hydrogen-bond donors (Lipinski definition) is 2. The van der Waals surface area contributed by atoms with E-state index in [2.05, 4.69) is 5.32 Å². The Morgan fingerprint density at radius 1 is 1.25 bits per heavy atom. The Balaban J connectivity index is 1.73. The van der Waals surface area contributed by atoms with E-state index in [1.165, 1.54) is 4.90 Å². The Kier molecular flexibility index (Phi) is 6.87. The van der Waals surface area contributed by atoms with Crippen LogP contribution in [0.3, 0.4) is 0 Å². The van der Waals surface area contributed by atoms with Crippen LogP contribution in [0.1, 0.15) is 12.5 Å². The summed E-state index contributed by atoms with van der Waals surface area (Å²) in [5.41, 5.74) is 0.954. The van der Waals surface area contributed by atoms with Gasteiger partial charge in [0.05, 0.1) is 39.9 Å². The van der Waals surface area contributed by atoms with Crippen molar-refractivity contribution in [3.63, 3.8) is 0 Å². The number of quaternary nitrogens is 1. The van der Waals surface area contributed by atoms with Crippen molar-refractivity contribution in [2.24, 2.45) is 0 Å². The van der Waals surface area contributed by atoms with Gasteiger partial charge in [0.25, 0.3) is 5.91 Å². The van der Waals surface area contributed by atoms with E-state index in [1.54, 1.807) is 18.9 Å².